The molecule has 8 nitrogen and oxygen atoms in total. The van der Waals surface area contributed by atoms with Gasteiger partial charge in [0.15, 0.2) is 0 Å². The van der Waals surface area contributed by atoms with Gasteiger partial charge in [-0.2, -0.15) is 5.10 Å². The number of esters is 1. The van der Waals surface area contributed by atoms with E-state index in [-0.39, 0.29) is 4.90 Å². The number of carbonyl (C=O) groups is 2. The third-order valence-corrected chi connectivity index (χ3v) is 5.56. The molecule has 0 spiro atoms. The lowest BCUT2D eigenvalue weighted by Gasteiger charge is -2.08. The van der Waals surface area contributed by atoms with Gasteiger partial charge < -0.3 is 4.74 Å². The summed E-state index contributed by atoms with van der Waals surface area (Å²) in [7, 11) is -2.40. The monoisotopic (exact) mass is 437 g/mol. The summed E-state index contributed by atoms with van der Waals surface area (Å²) in [6.07, 6.45) is 1.43. The van der Waals surface area contributed by atoms with E-state index in [9.17, 15) is 18.0 Å². The first-order chi connectivity index (χ1) is 14.9. The van der Waals surface area contributed by atoms with Crippen LogP contribution in [0.25, 0.3) is 0 Å². The van der Waals surface area contributed by atoms with E-state index in [2.05, 4.69) is 20.0 Å². The Labute approximate surface area is 179 Å². The quantitative estimate of drug-likeness (QED) is 0.335. The molecule has 0 saturated heterocycles. The molecule has 0 heterocycles. The summed E-state index contributed by atoms with van der Waals surface area (Å²) in [5, 5.41) is 3.88. The van der Waals surface area contributed by atoms with E-state index in [0.29, 0.717) is 22.4 Å². The maximum Gasteiger partial charge on any atom is 0.337 e. The Morgan fingerprint density at radius 2 is 1.48 bits per heavy atom. The minimum Gasteiger partial charge on any atom is -0.465 e. The lowest BCUT2D eigenvalue weighted by molar-refractivity contribution is 0.0600. The van der Waals surface area contributed by atoms with E-state index < -0.39 is 21.9 Å². The van der Waals surface area contributed by atoms with Crippen LogP contribution in [-0.2, 0) is 14.8 Å². The van der Waals surface area contributed by atoms with E-state index >= 15 is 0 Å². The van der Waals surface area contributed by atoms with E-state index in [0.717, 1.165) is 0 Å². The molecule has 2 N–H and O–H groups in total. The summed E-state index contributed by atoms with van der Waals surface area (Å²) < 4.78 is 31.8. The molecule has 0 bridgehead atoms. The second-order valence-electron chi connectivity index (χ2n) is 6.31. The number of amides is 1. The average Bonchev–Trinajstić information content (AvgIpc) is 2.80. The van der Waals surface area contributed by atoms with Crippen LogP contribution >= 0.6 is 0 Å². The minimum absolute atomic E-state index is 0.144. The molecule has 0 radical (unpaired) electrons. The smallest absolute Gasteiger partial charge is 0.337 e. The summed E-state index contributed by atoms with van der Waals surface area (Å²) in [5.41, 5.74) is 4.11. The van der Waals surface area contributed by atoms with Crippen LogP contribution in [0.5, 0.6) is 0 Å². The van der Waals surface area contributed by atoms with Crippen molar-refractivity contribution in [2.45, 2.75) is 4.90 Å². The molecule has 3 aromatic rings. The highest BCUT2D eigenvalue weighted by Gasteiger charge is 2.13. The standard InChI is InChI=1S/C22H19N3O5S/c1-30-22(27)18-9-7-16(8-10-18)15-23-24-21(26)17-11-13-19(14-12-17)25-31(28,29)20-5-3-2-4-6-20/h2-15,25H,1H3,(H,24,26). The number of carbonyl (C=O) groups excluding carboxylic acids is 2. The molecule has 0 atom stereocenters. The van der Waals surface area contributed by atoms with Gasteiger partial charge in [0, 0.05) is 11.3 Å². The molecular weight excluding hydrogens is 418 g/mol. The predicted molar refractivity (Wildman–Crippen MR) is 117 cm³/mol. The van der Waals surface area contributed by atoms with Crippen LogP contribution < -0.4 is 10.1 Å². The van der Waals surface area contributed by atoms with E-state index in [1.165, 1.54) is 49.7 Å². The summed E-state index contributed by atoms with van der Waals surface area (Å²) in [5.74, 6) is -0.897. The number of sulfonamides is 1. The second kappa shape index (κ2) is 9.68. The zero-order valence-corrected chi connectivity index (χ0v) is 17.3. The molecule has 31 heavy (non-hydrogen) atoms. The highest BCUT2D eigenvalue weighted by molar-refractivity contribution is 7.92. The van der Waals surface area contributed by atoms with Crippen LogP contribution in [0, 0.1) is 0 Å². The lowest BCUT2D eigenvalue weighted by atomic mass is 10.1. The van der Waals surface area contributed by atoms with Crippen molar-refractivity contribution in [2.75, 3.05) is 11.8 Å². The molecule has 0 saturated carbocycles. The Balaban J connectivity index is 1.59. The van der Waals surface area contributed by atoms with Gasteiger partial charge in [0.1, 0.15) is 0 Å². The van der Waals surface area contributed by atoms with Gasteiger partial charge in [-0.1, -0.05) is 30.3 Å². The van der Waals surface area contributed by atoms with Crippen molar-refractivity contribution in [2.24, 2.45) is 5.10 Å². The summed E-state index contributed by atoms with van der Waals surface area (Å²) in [6.45, 7) is 0. The normalized spacial score (nSPS) is 11.1. The number of methoxy groups -OCH3 is 1. The topological polar surface area (TPSA) is 114 Å². The molecule has 3 aromatic carbocycles. The molecule has 158 valence electrons. The molecule has 0 aromatic heterocycles. The first kappa shape index (κ1) is 21.7. The maximum atomic E-state index is 12.3. The molecule has 0 unspecified atom stereocenters. The number of hydrazone groups is 1. The molecular formula is C22H19N3O5S. The maximum absolute atomic E-state index is 12.3. The largest absolute Gasteiger partial charge is 0.465 e. The van der Waals surface area contributed by atoms with Crippen molar-refractivity contribution < 1.29 is 22.7 Å². The van der Waals surface area contributed by atoms with Gasteiger partial charge in [0.25, 0.3) is 15.9 Å². The van der Waals surface area contributed by atoms with Crippen LogP contribution in [0.15, 0.2) is 88.9 Å². The number of hydrogen-bond acceptors (Lipinski definition) is 6. The number of benzene rings is 3. The van der Waals surface area contributed by atoms with Crippen molar-refractivity contribution in [1.29, 1.82) is 0 Å². The van der Waals surface area contributed by atoms with Gasteiger partial charge in [-0.25, -0.2) is 18.6 Å². The van der Waals surface area contributed by atoms with Crippen LogP contribution in [0.2, 0.25) is 0 Å². The van der Waals surface area contributed by atoms with Crippen molar-refractivity contribution in [3.63, 3.8) is 0 Å². The Kier molecular flexibility index (Phi) is 6.78. The zero-order valence-electron chi connectivity index (χ0n) is 16.5. The average molecular weight is 437 g/mol. The van der Waals surface area contributed by atoms with E-state index in [4.69, 9.17) is 0 Å². The first-order valence-corrected chi connectivity index (χ1v) is 10.6. The third kappa shape index (κ3) is 5.77. The number of nitrogens with one attached hydrogen (secondary N) is 2. The van der Waals surface area contributed by atoms with Crippen LogP contribution in [0.3, 0.4) is 0 Å². The number of ether oxygens (including phenoxy) is 1. The lowest BCUT2D eigenvalue weighted by Crippen LogP contribution is -2.18. The summed E-state index contributed by atoms with van der Waals surface area (Å²) in [6, 6.07) is 20.4. The van der Waals surface area contributed by atoms with Gasteiger partial charge in [0.05, 0.1) is 23.8 Å². The number of anilines is 1. The van der Waals surface area contributed by atoms with Crippen LogP contribution in [0.4, 0.5) is 5.69 Å². The Morgan fingerprint density at radius 3 is 2.10 bits per heavy atom. The Bertz CT molecular complexity index is 1190. The van der Waals surface area contributed by atoms with Crippen molar-refractivity contribution >= 4 is 33.8 Å². The molecule has 0 aliphatic carbocycles. The number of nitrogens with zero attached hydrogens (tertiary/aromatic N) is 1. The fourth-order valence-electron chi connectivity index (χ4n) is 2.56. The molecule has 0 fully saturated rings. The van der Waals surface area contributed by atoms with E-state index in [1.807, 2.05) is 0 Å². The van der Waals surface area contributed by atoms with E-state index in [1.54, 1.807) is 42.5 Å². The number of hydrogen-bond donors (Lipinski definition) is 2. The van der Waals surface area contributed by atoms with Gasteiger partial charge in [0.2, 0.25) is 0 Å². The van der Waals surface area contributed by atoms with Crippen molar-refractivity contribution in [3.05, 3.63) is 95.6 Å². The highest BCUT2D eigenvalue weighted by atomic mass is 32.2. The number of rotatable bonds is 7. The van der Waals surface area contributed by atoms with Crippen molar-refractivity contribution in [3.8, 4) is 0 Å². The molecule has 0 aliphatic rings. The molecule has 3 rings (SSSR count). The van der Waals surface area contributed by atoms with Gasteiger partial charge in [-0.3, -0.25) is 9.52 Å². The third-order valence-electron chi connectivity index (χ3n) is 4.16. The summed E-state index contributed by atoms with van der Waals surface area (Å²) >= 11 is 0. The van der Waals surface area contributed by atoms with Crippen LogP contribution in [-0.4, -0.2) is 33.6 Å². The Morgan fingerprint density at radius 1 is 0.871 bits per heavy atom. The molecule has 9 heteroatoms. The Hall–Kier alpha value is -3.98. The molecule has 0 aliphatic heterocycles. The summed E-state index contributed by atoms with van der Waals surface area (Å²) in [4.78, 5) is 23.8. The minimum atomic E-state index is -3.70. The fourth-order valence-corrected chi connectivity index (χ4v) is 3.64. The molecule has 1 amide bonds. The van der Waals surface area contributed by atoms with Gasteiger partial charge in [-0.15, -0.1) is 0 Å². The highest BCUT2D eigenvalue weighted by Crippen LogP contribution is 2.16. The van der Waals surface area contributed by atoms with Gasteiger partial charge >= 0.3 is 5.97 Å². The van der Waals surface area contributed by atoms with Crippen LogP contribution in [0.1, 0.15) is 26.3 Å². The fraction of sp³-hybridized carbons (Fsp3) is 0.0455. The van der Waals surface area contributed by atoms with Crippen molar-refractivity contribution in [1.82, 2.24) is 5.43 Å². The SMILES string of the molecule is COC(=O)c1ccc(C=NNC(=O)c2ccc(NS(=O)(=O)c3ccccc3)cc2)cc1. The second-order valence-corrected chi connectivity index (χ2v) is 7.99. The zero-order chi connectivity index (χ0) is 22.3. The predicted octanol–water partition coefficient (Wildman–Crippen LogP) is 3.04. The first-order valence-electron chi connectivity index (χ1n) is 9.09. The van der Waals surface area contributed by atoms with Gasteiger partial charge in [-0.05, 0) is 54.1 Å².